The first kappa shape index (κ1) is 11.6. The highest BCUT2D eigenvalue weighted by Gasteiger charge is 2.19. The second-order valence-corrected chi connectivity index (χ2v) is 5.06. The zero-order valence-electron chi connectivity index (χ0n) is 8.38. The van der Waals surface area contributed by atoms with Crippen molar-refractivity contribution in [3.63, 3.8) is 0 Å². The number of aromatic nitrogens is 3. The minimum absolute atomic E-state index is 0.00477. The summed E-state index contributed by atoms with van der Waals surface area (Å²) in [6, 6.07) is 1.65. The van der Waals surface area contributed by atoms with Crippen molar-refractivity contribution in [3.05, 3.63) is 12.2 Å². The molecule has 7 nitrogen and oxygen atoms in total. The Morgan fingerprint density at radius 3 is 2.87 bits per heavy atom. The summed E-state index contributed by atoms with van der Waals surface area (Å²) in [5.41, 5.74) is 0. The molecule has 0 saturated carbocycles. The van der Waals surface area contributed by atoms with Crippen molar-refractivity contribution < 1.29 is 8.42 Å². The van der Waals surface area contributed by atoms with E-state index < -0.39 is 15.3 Å². The Labute approximate surface area is 87.8 Å². The number of nitrogens with zero attached hydrogens (tertiary/aromatic N) is 4. The van der Waals surface area contributed by atoms with E-state index in [1.807, 2.05) is 0 Å². The lowest BCUT2D eigenvalue weighted by Gasteiger charge is -2.05. The summed E-state index contributed by atoms with van der Waals surface area (Å²) in [6.07, 6.45) is 1.47. The number of hydrogen-bond donors (Lipinski definition) is 1. The fourth-order valence-electron chi connectivity index (χ4n) is 0.824. The predicted octanol–water partition coefficient (Wildman–Crippen LogP) is -0.853. The first-order chi connectivity index (χ1) is 6.95. The normalized spacial score (nSPS) is 13.4. The summed E-state index contributed by atoms with van der Waals surface area (Å²) in [6.45, 7) is 1.31. The molecule has 1 rings (SSSR count). The van der Waals surface area contributed by atoms with Gasteiger partial charge in [-0.1, -0.05) is 0 Å². The Morgan fingerprint density at radius 2 is 2.40 bits per heavy atom. The van der Waals surface area contributed by atoms with Gasteiger partial charge in [0.05, 0.1) is 12.6 Å². The molecule has 0 fully saturated rings. The number of nitrogens with one attached hydrogen (secondary N) is 1. The molecule has 1 heterocycles. The van der Waals surface area contributed by atoms with E-state index >= 15 is 0 Å². The molecule has 82 valence electrons. The highest BCUT2D eigenvalue weighted by Crippen LogP contribution is 1.97. The summed E-state index contributed by atoms with van der Waals surface area (Å²) >= 11 is 0. The van der Waals surface area contributed by atoms with E-state index in [-0.39, 0.29) is 6.54 Å². The number of rotatable bonds is 4. The monoisotopic (exact) mass is 229 g/mol. The lowest BCUT2D eigenvalue weighted by molar-refractivity contribution is 0.574. The van der Waals surface area contributed by atoms with Crippen LogP contribution in [0.25, 0.3) is 0 Å². The third-order valence-electron chi connectivity index (χ3n) is 1.73. The van der Waals surface area contributed by atoms with Crippen LogP contribution in [0.15, 0.2) is 6.33 Å². The van der Waals surface area contributed by atoms with E-state index in [0.717, 1.165) is 0 Å². The fourth-order valence-corrected chi connectivity index (χ4v) is 1.54. The molecule has 1 N–H and O–H groups in total. The van der Waals surface area contributed by atoms with E-state index in [0.29, 0.717) is 5.82 Å². The van der Waals surface area contributed by atoms with Crippen molar-refractivity contribution in [3.8, 4) is 6.07 Å². The third kappa shape index (κ3) is 3.00. The number of aryl methyl sites for hydroxylation is 1. The van der Waals surface area contributed by atoms with Crippen LogP contribution in [0, 0.1) is 11.3 Å². The van der Waals surface area contributed by atoms with E-state index in [2.05, 4.69) is 14.8 Å². The summed E-state index contributed by atoms with van der Waals surface area (Å²) in [7, 11) is -1.92. The Kier molecular flexibility index (Phi) is 3.39. The lowest BCUT2D eigenvalue weighted by atomic mass is 10.5. The van der Waals surface area contributed by atoms with Gasteiger partial charge in [0.2, 0.25) is 10.0 Å². The second-order valence-electron chi connectivity index (χ2n) is 2.97. The molecular weight excluding hydrogens is 218 g/mol. The SMILES string of the molecule is CC(C#N)S(=O)(=O)NCc1ncn(C)n1. The van der Waals surface area contributed by atoms with Crippen LogP contribution in [-0.4, -0.2) is 28.4 Å². The summed E-state index contributed by atoms with van der Waals surface area (Å²) in [4.78, 5) is 3.85. The molecule has 0 aromatic carbocycles. The predicted molar refractivity (Wildman–Crippen MR) is 51.8 cm³/mol. The molecule has 0 aliphatic heterocycles. The summed E-state index contributed by atoms with van der Waals surface area (Å²) in [5, 5.41) is 11.3. The van der Waals surface area contributed by atoms with Crippen LogP contribution < -0.4 is 4.72 Å². The van der Waals surface area contributed by atoms with Gasteiger partial charge in [0.1, 0.15) is 6.33 Å². The van der Waals surface area contributed by atoms with Gasteiger partial charge in [-0.05, 0) is 6.92 Å². The first-order valence-electron chi connectivity index (χ1n) is 4.18. The van der Waals surface area contributed by atoms with Gasteiger partial charge in [-0.2, -0.15) is 10.4 Å². The van der Waals surface area contributed by atoms with Gasteiger partial charge >= 0.3 is 0 Å². The molecule has 1 unspecified atom stereocenters. The number of sulfonamides is 1. The van der Waals surface area contributed by atoms with Crippen molar-refractivity contribution in [2.24, 2.45) is 7.05 Å². The molecule has 8 heteroatoms. The molecule has 0 aliphatic rings. The highest BCUT2D eigenvalue weighted by atomic mass is 32.2. The van der Waals surface area contributed by atoms with Gasteiger partial charge < -0.3 is 0 Å². The van der Waals surface area contributed by atoms with Crippen LogP contribution in [0.3, 0.4) is 0 Å². The Hall–Kier alpha value is -1.46. The van der Waals surface area contributed by atoms with Gasteiger partial charge in [-0.15, -0.1) is 0 Å². The lowest BCUT2D eigenvalue weighted by Crippen LogP contribution is -2.31. The van der Waals surface area contributed by atoms with Gasteiger partial charge in [0.15, 0.2) is 11.1 Å². The molecule has 0 aliphatic carbocycles. The Bertz CT molecular complexity index is 472. The van der Waals surface area contributed by atoms with Crippen molar-refractivity contribution in [1.29, 1.82) is 5.26 Å². The van der Waals surface area contributed by atoms with Gasteiger partial charge in [-0.25, -0.2) is 18.1 Å². The van der Waals surface area contributed by atoms with E-state index in [4.69, 9.17) is 5.26 Å². The molecule has 1 aromatic heterocycles. The molecular formula is C7H11N5O2S. The standard InChI is InChI=1S/C7H11N5O2S/c1-6(3-8)15(13,14)10-4-7-9-5-12(2)11-7/h5-6,10H,4H2,1-2H3. The topological polar surface area (TPSA) is 101 Å². The maximum Gasteiger partial charge on any atom is 0.228 e. The zero-order chi connectivity index (χ0) is 11.5. The average molecular weight is 229 g/mol. The van der Waals surface area contributed by atoms with Crippen molar-refractivity contribution in [2.45, 2.75) is 18.7 Å². The molecule has 1 atom stereocenters. The molecule has 0 saturated heterocycles. The Morgan fingerprint density at radius 1 is 1.73 bits per heavy atom. The number of hydrogen-bond acceptors (Lipinski definition) is 5. The largest absolute Gasteiger partial charge is 0.256 e. The minimum atomic E-state index is -3.60. The van der Waals surface area contributed by atoms with Gasteiger partial charge in [0.25, 0.3) is 0 Å². The highest BCUT2D eigenvalue weighted by molar-refractivity contribution is 7.90. The van der Waals surface area contributed by atoms with Crippen LogP contribution in [-0.2, 0) is 23.6 Å². The third-order valence-corrected chi connectivity index (χ3v) is 3.31. The van der Waals surface area contributed by atoms with E-state index in [1.54, 1.807) is 13.1 Å². The van der Waals surface area contributed by atoms with Crippen LogP contribution in [0.5, 0.6) is 0 Å². The Balaban J connectivity index is 2.62. The van der Waals surface area contributed by atoms with Crippen LogP contribution >= 0.6 is 0 Å². The van der Waals surface area contributed by atoms with E-state index in [9.17, 15) is 8.42 Å². The molecule has 0 spiro atoms. The van der Waals surface area contributed by atoms with E-state index in [1.165, 1.54) is 17.9 Å². The fraction of sp³-hybridized carbons (Fsp3) is 0.571. The molecule has 0 radical (unpaired) electrons. The number of nitriles is 1. The maximum atomic E-state index is 11.3. The molecule has 0 amide bonds. The van der Waals surface area contributed by atoms with Crippen molar-refractivity contribution in [2.75, 3.05) is 0 Å². The minimum Gasteiger partial charge on any atom is -0.256 e. The average Bonchev–Trinajstić information content (AvgIpc) is 2.60. The zero-order valence-corrected chi connectivity index (χ0v) is 9.19. The second kappa shape index (κ2) is 4.37. The summed E-state index contributed by atoms with van der Waals surface area (Å²) in [5.74, 6) is 0.367. The maximum absolute atomic E-state index is 11.3. The van der Waals surface area contributed by atoms with Gasteiger partial charge in [0, 0.05) is 7.05 Å². The van der Waals surface area contributed by atoms with Gasteiger partial charge in [-0.3, -0.25) is 4.68 Å². The first-order valence-corrected chi connectivity index (χ1v) is 5.73. The van der Waals surface area contributed by atoms with Crippen molar-refractivity contribution >= 4 is 10.0 Å². The summed E-state index contributed by atoms with van der Waals surface area (Å²) < 4.78 is 26.4. The van der Waals surface area contributed by atoms with Crippen LogP contribution in [0.2, 0.25) is 0 Å². The smallest absolute Gasteiger partial charge is 0.228 e. The quantitative estimate of drug-likeness (QED) is 0.724. The van der Waals surface area contributed by atoms with Crippen molar-refractivity contribution in [1.82, 2.24) is 19.5 Å². The van der Waals surface area contributed by atoms with Crippen LogP contribution in [0.4, 0.5) is 0 Å². The molecule has 15 heavy (non-hydrogen) atoms. The molecule has 0 bridgehead atoms. The molecule has 1 aromatic rings. The van der Waals surface area contributed by atoms with Crippen LogP contribution in [0.1, 0.15) is 12.7 Å².